The van der Waals surface area contributed by atoms with E-state index in [0.717, 1.165) is 30.8 Å². The maximum atomic E-state index is 12.3. The molecule has 4 nitrogen and oxygen atoms in total. The summed E-state index contributed by atoms with van der Waals surface area (Å²) in [6.45, 7) is 7.73. The number of carbonyl (C=O) groups excluding carboxylic acids is 1. The van der Waals surface area contributed by atoms with Crippen LogP contribution in [0.3, 0.4) is 0 Å². The number of nitrogens with zero attached hydrogens (tertiary/aromatic N) is 1. The van der Waals surface area contributed by atoms with Gasteiger partial charge in [0, 0.05) is 13.1 Å². The molecule has 0 heterocycles. The fraction of sp³-hybridized carbons (Fsp3) is 0.350. The van der Waals surface area contributed by atoms with Crippen molar-refractivity contribution in [1.82, 2.24) is 10.2 Å². The van der Waals surface area contributed by atoms with Crippen LogP contribution in [-0.2, 0) is 17.9 Å². The van der Waals surface area contributed by atoms with Crippen LogP contribution < -0.4 is 11.1 Å². The van der Waals surface area contributed by atoms with Crippen LogP contribution in [0.1, 0.15) is 36.6 Å². The molecule has 0 aromatic heterocycles. The van der Waals surface area contributed by atoms with Gasteiger partial charge in [0.05, 0.1) is 0 Å². The maximum absolute atomic E-state index is 12.3. The molecule has 0 bridgehead atoms. The van der Waals surface area contributed by atoms with Crippen molar-refractivity contribution < 1.29 is 4.79 Å². The third-order valence-corrected chi connectivity index (χ3v) is 4.30. The van der Waals surface area contributed by atoms with Gasteiger partial charge in [0.1, 0.15) is 6.04 Å². The Labute approximate surface area is 144 Å². The van der Waals surface area contributed by atoms with Crippen LogP contribution in [0.15, 0.2) is 54.6 Å². The van der Waals surface area contributed by atoms with Crippen molar-refractivity contribution in [3.05, 3.63) is 71.3 Å². The number of carbonyl (C=O) groups is 1. The first kappa shape index (κ1) is 18.2. The van der Waals surface area contributed by atoms with Crippen molar-refractivity contribution in [2.75, 3.05) is 13.1 Å². The summed E-state index contributed by atoms with van der Waals surface area (Å²) in [7, 11) is 0. The van der Waals surface area contributed by atoms with Crippen LogP contribution in [-0.4, -0.2) is 23.9 Å². The molecule has 0 fully saturated rings. The molecule has 2 aromatic carbocycles. The molecule has 1 atom stereocenters. The van der Waals surface area contributed by atoms with Gasteiger partial charge >= 0.3 is 0 Å². The van der Waals surface area contributed by atoms with Crippen molar-refractivity contribution in [3.8, 4) is 0 Å². The maximum Gasteiger partial charge on any atom is 0.241 e. The zero-order valence-electron chi connectivity index (χ0n) is 14.5. The van der Waals surface area contributed by atoms with Gasteiger partial charge in [-0.2, -0.15) is 0 Å². The highest BCUT2D eigenvalue weighted by Crippen LogP contribution is 2.13. The Morgan fingerprint density at radius 1 is 1.00 bits per heavy atom. The summed E-state index contributed by atoms with van der Waals surface area (Å²) in [6, 6.07) is 17.0. The summed E-state index contributed by atoms with van der Waals surface area (Å²) in [6.07, 6.45) is 0. The topological polar surface area (TPSA) is 58.4 Å². The molecule has 24 heavy (non-hydrogen) atoms. The van der Waals surface area contributed by atoms with Crippen LogP contribution in [0.5, 0.6) is 0 Å². The van der Waals surface area contributed by atoms with Crippen molar-refractivity contribution >= 4 is 5.91 Å². The summed E-state index contributed by atoms with van der Waals surface area (Å²) >= 11 is 0. The molecule has 0 saturated carbocycles. The van der Waals surface area contributed by atoms with Gasteiger partial charge in [-0.1, -0.05) is 68.4 Å². The zero-order valence-corrected chi connectivity index (χ0v) is 14.5. The van der Waals surface area contributed by atoms with Crippen molar-refractivity contribution in [2.45, 2.75) is 33.0 Å². The lowest BCUT2D eigenvalue weighted by Gasteiger charge is -2.20. The number of hydrogen-bond donors (Lipinski definition) is 2. The van der Waals surface area contributed by atoms with Crippen LogP contribution in [0.2, 0.25) is 0 Å². The predicted molar refractivity (Wildman–Crippen MR) is 98.3 cm³/mol. The van der Waals surface area contributed by atoms with Crippen LogP contribution >= 0.6 is 0 Å². The lowest BCUT2D eigenvalue weighted by molar-refractivity contribution is -0.122. The smallest absolute Gasteiger partial charge is 0.241 e. The molecule has 0 aliphatic carbocycles. The van der Waals surface area contributed by atoms with Gasteiger partial charge in [0.15, 0.2) is 0 Å². The third-order valence-electron chi connectivity index (χ3n) is 4.30. The first-order valence-electron chi connectivity index (χ1n) is 8.53. The first-order valence-corrected chi connectivity index (χ1v) is 8.53. The fourth-order valence-corrected chi connectivity index (χ4v) is 2.68. The summed E-state index contributed by atoms with van der Waals surface area (Å²) in [5, 5.41) is 2.96. The molecular formula is C20H27N3O. The summed E-state index contributed by atoms with van der Waals surface area (Å²) < 4.78 is 0. The number of hydrogen-bond acceptors (Lipinski definition) is 3. The molecular weight excluding hydrogens is 298 g/mol. The SMILES string of the molecule is CCN(CC)Cc1ccccc1CNC(=O)C(N)c1ccccc1. The molecule has 2 rings (SSSR count). The second-order valence-electron chi connectivity index (χ2n) is 5.84. The Balaban J connectivity index is 2.00. The Bertz CT molecular complexity index is 638. The summed E-state index contributed by atoms with van der Waals surface area (Å²) in [5.74, 6) is -0.154. The lowest BCUT2D eigenvalue weighted by atomic mass is 10.1. The highest BCUT2D eigenvalue weighted by molar-refractivity contribution is 5.82. The minimum absolute atomic E-state index is 0.154. The third kappa shape index (κ3) is 4.91. The van der Waals surface area contributed by atoms with Crippen LogP contribution in [0.4, 0.5) is 0 Å². The molecule has 3 N–H and O–H groups in total. The normalized spacial score (nSPS) is 12.2. The largest absolute Gasteiger partial charge is 0.350 e. The molecule has 1 unspecified atom stereocenters. The molecule has 0 spiro atoms. The van der Waals surface area contributed by atoms with Gasteiger partial charge < -0.3 is 11.1 Å². The average Bonchev–Trinajstić information content (AvgIpc) is 2.65. The predicted octanol–water partition coefficient (Wildman–Crippen LogP) is 2.84. The van der Waals surface area contributed by atoms with E-state index in [1.54, 1.807) is 0 Å². The van der Waals surface area contributed by atoms with Crippen molar-refractivity contribution in [1.29, 1.82) is 0 Å². The molecule has 0 radical (unpaired) electrons. The lowest BCUT2D eigenvalue weighted by Crippen LogP contribution is -2.34. The van der Waals surface area contributed by atoms with Gasteiger partial charge in [-0.15, -0.1) is 0 Å². The number of rotatable bonds is 8. The van der Waals surface area contributed by atoms with Crippen LogP contribution in [0.25, 0.3) is 0 Å². The Hall–Kier alpha value is -2.17. The van der Waals surface area contributed by atoms with Gasteiger partial charge in [0.25, 0.3) is 0 Å². The van der Waals surface area contributed by atoms with Gasteiger partial charge in [-0.3, -0.25) is 9.69 Å². The highest BCUT2D eigenvalue weighted by Gasteiger charge is 2.15. The molecule has 2 aromatic rings. The molecule has 0 aliphatic heterocycles. The second-order valence-corrected chi connectivity index (χ2v) is 5.84. The Morgan fingerprint density at radius 3 is 2.21 bits per heavy atom. The van der Waals surface area contributed by atoms with E-state index in [9.17, 15) is 4.79 Å². The van der Waals surface area contributed by atoms with Gasteiger partial charge in [-0.25, -0.2) is 0 Å². The monoisotopic (exact) mass is 325 g/mol. The van der Waals surface area contributed by atoms with E-state index in [1.165, 1.54) is 5.56 Å². The quantitative estimate of drug-likeness (QED) is 0.784. The van der Waals surface area contributed by atoms with E-state index in [4.69, 9.17) is 5.73 Å². The summed E-state index contributed by atoms with van der Waals surface area (Å²) in [4.78, 5) is 14.7. The van der Waals surface area contributed by atoms with E-state index in [-0.39, 0.29) is 5.91 Å². The second kappa shape index (κ2) is 9.21. The van der Waals surface area contributed by atoms with E-state index in [2.05, 4.69) is 36.2 Å². The van der Waals surface area contributed by atoms with E-state index in [0.29, 0.717) is 6.54 Å². The van der Waals surface area contributed by atoms with Crippen molar-refractivity contribution in [2.24, 2.45) is 5.73 Å². The molecule has 0 saturated heterocycles. The van der Waals surface area contributed by atoms with E-state index >= 15 is 0 Å². The minimum atomic E-state index is -0.638. The number of benzene rings is 2. The molecule has 128 valence electrons. The van der Waals surface area contributed by atoms with Gasteiger partial charge in [0.2, 0.25) is 5.91 Å². The van der Waals surface area contributed by atoms with Gasteiger partial charge in [-0.05, 0) is 29.8 Å². The van der Waals surface area contributed by atoms with Crippen molar-refractivity contribution in [3.63, 3.8) is 0 Å². The molecule has 1 amide bonds. The highest BCUT2D eigenvalue weighted by atomic mass is 16.2. The number of amides is 1. The fourth-order valence-electron chi connectivity index (χ4n) is 2.68. The Kier molecular flexibility index (Phi) is 6.97. The molecule has 4 heteroatoms. The standard InChI is InChI=1S/C20H27N3O/c1-3-23(4-2)15-18-13-9-8-12-17(18)14-22-20(24)19(21)16-10-6-5-7-11-16/h5-13,19H,3-4,14-15,21H2,1-2H3,(H,22,24). The Morgan fingerprint density at radius 2 is 1.58 bits per heavy atom. The first-order chi connectivity index (χ1) is 11.7. The van der Waals surface area contributed by atoms with E-state index < -0.39 is 6.04 Å². The zero-order chi connectivity index (χ0) is 17.4. The van der Waals surface area contributed by atoms with E-state index in [1.807, 2.05) is 42.5 Å². The van der Waals surface area contributed by atoms with Crippen LogP contribution in [0, 0.1) is 0 Å². The summed E-state index contributed by atoms with van der Waals surface area (Å²) in [5.41, 5.74) is 9.25. The minimum Gasteiger partial charge on any atom is -0.350 e. The molecule has 0 aliphatic rings. The number of nitrogens with one attached hydrogen (secondary N) is 1. The average molecular weight is 325 g/mol. The number of nitrogens with two attached hydrogens (primary N) is 1.